The van der Waals surface area contributed by atoms with Crippen LogP contribution in [-0.4, -0.2) is 23.1 Å². The zero-order valence-corrected chi connectivity index (χ0v) is 10.0. The molecule has 0 radical (unpaired) electrons. The summed E-state index contributed by atoms with van der Waals surface area (Å²) in [5.74, 6) is 1.85. The van der Waals surface area contributed by atoms with Crippen molar-refractivity contribution in [1.82, 2.24) is 9.97 Å². The van der Waals surface area contributed by atoms with Gasteiger partial charge in [-0.15, -0.1) is 0 Å². The van der Waals surface area contributed by atoms with Crippen molar-refractivity contribution < 1.29 is 0 Å². The minimum absolute atomic E-state index is 0.549. The van der Waals surface area contributed by atoms with E-state index in [-0.39, 0.29) is 0 Å². The summed E-state index contributed by atoms with van der Waals surface area (Å²) in [5, 5.41) is 3.13. The van der Waals surface area contributed by atoms with E-state index in [1.54, 1.807) is 0 Å². The van der Waals surface area contributed by atoms with Crippen molar-refractivity contribution in [3.63, 3.8) is 0 Å². The summed E-state index contributed by atoms with van der Waals surface area (Å²) in [6.07, 6.45) is 4.44. The van der Waals surface area contributed by atoms with Crippen LogP contribution < -0.4 is 11.1 Å². The third-order valence-electron chi connectivity index (χ3n) is 3.31. The van der Waals surface area contributed by atoms with E-state index in [9.17, 15) is 0 Å². The van der Waals surface area contributed by atoms with Crippen LogP contribution in [0.15, 0.2) is 6.20 Å². The summed E-state index contributed by atoms with van der Waals surface area (Å²) in [5.41, 5.74) is 7.98. The molecule has 1 heterocycles. The second-order valence-electron chi connectivity index (χ2n) is 4.63. The van der Waals surface area contributed by atoms with E-state index in [1.807, 2.05) is 6.20 Å². The summed E-state index contributed by atoms with van der Waals surface area (Å²) in [7, 11) is 0. The summed E-state index contributed by atoms with van der Waals surface area (Å²) < 4.78 is 0. The van der Waals surface area contributed by atoms with Crippen molar-refractivity contribution in [3.05, 3.63) is 17.5 Å². The Kier molecular flexibility index (Phi) is 3.39. The molecule has 1 aromatic heterocycles. The third-order valence-corrected chi connectivity index (χ3v) is 3.31. The van der Waals surface area contributed by atoms with Crippen LogP contribution in [0.3, 0.4) is 0 Å². The summed E-state index contributed by atoms with van der Waals surface area (Å²) in [6.45, 7) is 5.82. The summed E-state index contributed by atoms with van der Waals surface area (Å²) >= 11 is 0. The van der Waals surface area contributed by atoms with E-state index in [0.717, 1.165) is 6.54 Å². The zero-order valence-electron chi connectivity index (χ0n) is 10.0. The normalized spacial score (nSPS) is 23.9. The quantitative estimate of drug-likeness (QED) is 0.816. The molecule has 0 amide bonds. The molecule has 4 heteroatoms. The highest BCUT2D eigenvalue weighted by molar-refractivity contribution is 5.34. The predicted octanol–water partition coefficient (Wildman–Crippen LogP) is 1.85. The smallest absolute Gasteiger partial charge is 0.222 e. The molecule has 88 valence electrons. The lowest BCUT2D eigenvalue weighted by Gasteiger charge is -2.26. The van der Waals surface area contributed by atoms with Crippen LogP contribution in [-0.2, 0) is 0 Å². The van der Waals surface area contributed by atoms with Gasteiger partial charge in [-0.3, -0.25) is 0 Å². The van der Waals surface area contributed by atoms with Gasteiger partial charge in [0.25, 0.3) is 0 Å². The monoisotopic (exact) mass is 220 g/mol. The van der Waals surface area contributed by atoms with Gasteiger partial charge in [0.1, 0.15) is 0 Å². The van der Waals surface area contributed by atoms with Crippen LogP contribution in [0.4, 0.5) is 5.95 Å². The van der Waals surface area contributed by atoms with E-state index in [2.05, 4.69) is 29.1 Å². The standard InChI is InChI=1S/C12H20N4/c1-8-3-4-9(2)11-10(8)7-15-12(16-11)14-6-5-13/h7-9H,3-6,13H2,1-2H3,(H,14,15,16). The molecule has 3 N–H and O–H groups in total. The molecule has 0 aliphatic heterocycles. The lowest BCUT2D eigenvalue weighted by atomic mass is 9.82. The number of nitrogens with two attached hydrogens (primary N) is 1. The molecular formula is C12H20N4. The molecule has 2 rings (SSSR count). The largest absolute Gasteiger partial charge is 0.353 e. The average molecular weight is 220 g/mol. The Bertz CT molecular complexity index is 364. The van der Waals surface area contributed by atoms with Gasteiger partial charge in [0.15, 0.2) is 0 Å². The number of aromatic nitrogens is 2. The van der Waals surface area contributed by atoms with Crippen molar-refractivity contribution in [1.29, 1.82) is 0 Å². The molecule has 1 aliphatic rings. The molecule has 0 bridgehead atoms. The van der Waals surface area contributed by atoms with Crippen molar-refractivity contribution in [3.8, 4) is 0 Å². The van der Waals surface area contributed by atoms with Gasteiger partial charge < -0.3 is 11.1 Å². The van der Waals surface area contributed by atoms with Crippen LogP contribution >= 0.6 is 0 Å². The molecule has 0 spiro atoms. The first-order chi connectivity index (χ1) is 7.72. The van der Waals surface area contributed by atoms with Crippen LogP contribution in [0.5, 0.6) is 0 Å². The highest BCUT2D eigenvalue weighted by Gasteiger charge is 2.23. The topological polar surface area (TPSA) is 63.8 Å². The number of fused-ring (bicyclic) bond motifs is 1. The lowest BCUT2D eigenvalue weighted by Crippen LogP contribution is -2.18. The molecule has 1 aliphatic carbocycles. The molecule has 4 nitrogen and oxygen atoms in total. The van der Waals surface area contributed by atoms with Crippen LogP contribution in [0, 0.1) is 0 Å². The Hall–Kier alpha value is -1.16. The molecule has 0 saturated heterocycles. The number of rotatable bonds is 3. The van der Waals surface area contributed by atoms with Crippen molar-refractivity contribution in [2.45, 2.75) is 38.5 Å². The fourth-order valence-electron chi connectivity index (χ4n) is 2.24. The Morgan fingerprint density at radius 3 is 2.88 bits per heavy atom. The Balaban J connectivity index is 2.25. The van der Waals surface area contributed by atoms with Gasteiger partial charge in [-0.2, -0.15) is 0 Å². The second-order valence-corrected chi connectivity index (χ2v) is 4.63. The molecule has 2 atom stereocenters. The number of hydrogen-bond donors (Lipinski definition) is 2. The molecule has 0 fully saturated rings. The predicted molar refractivity (Wildman–Crippen MR) is 65.6 cm³/mol. The number of nitrogens with one attached hydrogen (secondary N) is 1. The molecule has 1 aromatic rings. The Morgan fingerprint density at radius 1 is 1.38 bits per heavy atom. The van der Waals surface area contributed by atoms with Crippen LogP contribution in [0.2, 0.25) is 0 Å². The fraction of sp³-hybridized carbons (Fsp3) is 0.667. The van der Waals surface area contributed by atoms with Gasteiger partial charge in [-0.25, -0.2) is 9.97 Å². The maximum absolute atomic E-state index is 5.45. The van der Waals surface area contributed by atoms with E-state index in [0.29, 0.717) is 24.3 Å². The van der Waals surface area contributed by atoms with Crippen molar-refractivity contribution >= 4 is 5.95 Å². The van der Waals surface area contributed by atoms with E-state index in [1.165, 1.54) is 24.1 Å². The minimum Gasteiger partial charge on any atom is -0.353 e. The molecule has 16 heavy (non-hydrogen) atoms. The van der Waals surface area contributed by atoms with Crippen molar-refractivity contribution in [2.75, 3.05) is 18.4 Å². The molecule has 0 saturated carbocycles. The van der Waals surface area contributed by atoms with Gasteiger partial charge in [-0.1, -0.05) is 13.8 Å². The second kappa shape index (κ2) is 4.78. The van der Waals surface area contributed by atoms with Crippen molar-refractivity contribution in [2.24, 2.45) is 5.73 Å². The summed E-state index contributed by atoms with van der Waals surface area (Å²) in [6, 6.07) is 0. The zero-order chi connectivity index (χ0) is 11.5. The Morgan fingerprint density at radius 2 is 2.12 bits per heavy atom. The van der Waals surface area contributed by atoms with Gasteiger partial charge in [0, 0.05) is 19.3 Å². The molecule has 0 aromatic carbocycles. The number of hydrogen-bond acceptors (Lipinski definition) is 4. The first kappa shape index (κ1) is 11.3. The first-order valence-corrected chi connectivity index (χ1v) is 6.03. The van der Waals surface area contributed by atoms with Gasteiger partial charge >= 0.3 is 0 Å². The highest BCUT2D eigenvalue weighted by Crippen LogP contribution is 2.36. The van der Waals surface area contributed by atoms with Gasteiger partial charge in [0.05, 0.1) is 5.69 Å². The first-order valence-electron chi connectivity index (χ1n) is 6.03. The SMILES string of the molecule is CC1CCC(C)c2nc(NCCN)ncc21. The maximum Gasteiger partial charge on any atom is 0.222 e. The average Bonchev–Trinajstić information content (AvgIpc) is 2.31. The van der Waals surface area contributed by atoms with E-state index < -0.39 is 0 Å². The van der Waals surface area contributed by atoms with E-state index in [4.69, 9.17) is 5.73 Å². The number of nitrogens with zero attached hydrogens (tertiary/aromatic N) is 2. The minimum atomic E-state index is 0.549. The van der Waals surface area contributed by atoms with Crippen LogP contribution in [0.1, 0.15) is 49.8 Å². The maximum atomic E-state index is 5.45. The highest BCUT2D eigenvalue weighted by atomic mass is 15.1. The van der Waals surface area contributed by atoms with Crippen LogP contribution in [0.25, 0.3) is 0 Å². The number of anilines is 1. The molecule has 2 unspecified atom stereocenters. The Labute approximate surface area is 96.7 Å². The lowest BCUT2D eigenvalue weighted by molar-refractivity contribution is 0.512. The van der Waals surface area contributed by atoms with E-state index >= 15 is 0 Å². The fourth-order valence-corrected chi connectivity index (χ4v) is 2.24. The van der Waals surface area contributed by atoms with Gasteiger partial charge in [0.2, 0.25) is 5.95 Å². The molecular weight excluding hydrogens is 200 g/mol. The summed E-state index contributed by atoms with van der Waals surface area (Å²) in [4.78, 5) is 8.94. The van der Waals surface area contributed by atoms with Gasteiger partial charge in [-0.05, 0) is 30.2 Å². The third kappa shape index (κ3) is 2.16.